The largest absolute Gasteiger partial charge is 0.150 e. The van der Waals surface area contributed by atoms with Gasteiger partial charge in [-0.2, -0.15) is 0 Å². The van der Waals surface area contributed by atoms with Crippen LogP contribution in [0.2, 0.25) is 0 Å². The standard InChI is InChI=1S/C12H15NO/c14-13-12(9-5-2-6-10-12)11-7-3-1-4-8-11/h1,3-4,7-8H,2,5-6,9-10H2. The fraction of sp³-hybridized carbons (Fsp3) is 0.500. The maximum absolute atomic E-state index is 11.0. The highest BCUT2D eigenvalue weighted by atomic mass is 16.3. The smallest absolute Gasteiger partial charge is 0.127 e. The maximum atomic E-state index is 11.0. The molecular formula is C12H15NO. The van der Waals surface area contributed by atoms with Crippen LogP contribution in [0.4, 0.5) is 0 Å². The Bertz CT molecular complexity index is 301. The monoisotopic (exact) mass is 189 g/mol. The molecule has 0 bridgehead atoms. The molecule has 0 heterocycles. The molecule has 0 atom stereocenters. The molecule has 74 valence electrons. The molecule has 0 saturated heterocycles. The average molecular weight is 189 g/mol. The van der Waals surface area contributed by atoms with E-state index >= 15 is 0 Å². The summed E-state index contributed by atoms with van der Waals surface area (Å²) in [5.41, 5.74) is 0.675. The van der Waals surface area contributed by atoms with Gasteiger partial charge in [-0.3, -0.25) is 0 Å². The number of nitrogens with zero attached hydrogens (tertiary/aromatic N) is 1. The van der Waals surface area contributed by atoms with Crippen molar-refractivity contribution < 1.29 is 0 Å². The summed E-state index contributed by atoms with van der Waals surface area (Å²) in [5.74, 6) is 0. The van der Waals surface area contributed by atoms with Crippen LogP contribution in [0.5, 0.6) is 0 Å². The third kappa shape index (κ3) is 1.57. The van der Waals surface area contributed by atoms with E-state index in [4.69, 9.17) is 0 Å². The van der Waals surface area contributed by atoms with E-state index in [0.29, 0.717) is 0 Å². The predicted molar refractivity (Wildman–Crippen MR) is 57.0 cm³/mol. The van der Waals surface area contributed by atoms with Gasteiger partial charge in [-0.05, 0) is 18.4 Å². The van der Waals surface area contributed by atoms with Gasteiger partial charge in [-0.15, -0.1) is 4.91 Å². The van der Waals surface area contributed by atoms with Gasteiger partial charge in [-0.1, -0.05) is 54.8 Å². The van der Waals surface area contributed by atoms with Crippen molar-refractivity contribution in [2.24, 2.45) is 5.18 Å². The maximum Gasteiger partial charge on any atom is 0.127 e. The Kier molecular flexibility index (Phi) is 2.62. The van der Waals surface area contributed by atoms with Gasteiger partial charge in [0.2, 0.25) is 0 Å². The molecule has 2 heteroatoms. The summed E-state index contributed by atoms with van der Waals surface area (Å²) in [5, 5.41) is 3.40. The van der Waals surface area contributed by atoms with Crippen LogP contribution in [0.3, 0.4) is 0 Å². The van der Waals surface area contributed by atoms with E-state index in [0.717, 1.165) is 31.2 Å². The Balaban J connectivity index is 2.32. The van der Waals surface area contributed by atoms with E-state index in [-0.39, 0.29) is 0 Å². The summed E-state index contributed by atoms with van der Waals surface area (Å²) in [4.78, 5) is 11.0. The number of nitroso groups, excluding NO2 is 1. The minimum atomic E-state index is -0.417. The zero-order valence-electron chi connectivity index (χ0n) is 8.28. The second-order valence-corrected chi connectivity index (χ2v) is 4.05. The van der Waals surface area contributed by atoms with E-state index in [2.05, 4.69) is 5.18 Å². The first-order valence-electron chi connectivity index (χ1n) is 5.27. The van der Waals surface area contributed by atoms with Crippen molar-refractivity contribution in [3.63, 3.8) is 0 Å². The molecule has 1 aliphatic carbocycles. The third-order valence-corrected chi connectivity index (χ3v) is 3.17. The zero-order valence-corrected chi connectivity index (χ0v) is 8.28. The number of hydrogen-bond donors (Lipinski definition) is 0. The first-order chi connectivity index (χ1) is 6.87. The fourth-order valence-corrected chi connectivity index (χ4v) is 2.32. The van der Waals surface area contributed by atoms with Crippen LogP contribution < -0.4 is 0 Å². The van der Waals surface area contributed by atoms with Crippen LogP contribution in [0, 0.1) is 4.91 Å². The molecule has 0 aromatic heterocycles. The Morgan fingerprint density at radius 1 is 1.00 bits per heavy atom. The summed E-state index contributed by atoms with van der Waals surface area (Å²) < 4.78 is 0. The summed E-state index contributed by atoms with van der Waals surface area (Å²) in [7, 11) is 0. The van der Waals surface area contributed by atoms with Gasteiger partial charge in [0.1, 0.15) is 5.54 Å². The quantitative estimate of drug-likeness (QED) is 0.653. The van der Waals surface area contributed by atoms with Gasteiger partial charge in [0, 0.05) is 0 Å². The molecule has 0 N–H and O–H groups in total. The van der Waals surface area contributed by atoms with Gasteiger partial charge in [0.15, 0.2) is 0 Å². The summed E-state index contributed by atoms with van der Waals surface area (Å²) in [6.45, 7) is 0. The van der Waals surface area contributed by atoms with Crippen molar-refractivity contribution >= 4 is 0 Å². The highest BCUT2D eigenvalue weighted by Crippen LogP contribution is 2.40. The molecule has 1 aliphatic rings. The minimum Gasteiger partial charge on any atom is -0.150 e. The highest BCUT2D eigenvalue weighted by molar-refractivity contribution is 5.25. The lowest BCUT2D eigenvalue weighted by molar-refractivity contribution is 0.302. The Morgan fingerprint density at radius 3 is 2.21 bits per heavy atom. The van der Waals surface area contributed by atoms with Crippen molar-refractivity contribution in [3.05, 3.63) is 40.8 Å². The van der Waals surface area contributed by atoms with E-state index in [9.17, 15) is 4.91 Å². The van der Waals surface area contributed by atoms with Gasteiger partial charge in [-0.25, -0.2) is 0 Å². The normalized spacial score (nSPS) is 20.3. The van der Waals surface area contributed by atoms with E-state index in [1.165, 1.54) is 6.42 Å². The topological polar surface area (TPSA) is 29.4 Å². The van der Waals surface area contributed by atoms with Crippen LogP contribution in [0.15, 0.2) is 35.5 Å². The molecule has 0 radical (unpaired) electrons. The molecule has 2 rings (SSSR count). The molecule has 0 unspecified atom stereocenters. The van der Waals surface area contributed by atoms with Crippen molar-refractivity contribution in [3.8, 4) is 0 Å². The van der Waals surface area contributed by atoms with Crippen molar-refractivity contribution in [2.75, 3.05) is 0 Å². The van der Waals surface area contributed by atoms with E-state index < -0.39 is 5.54 Å². The van der Waals surface area contributed by atoms with Gasteiger partial charge >= 0.3 is 0 Å². The fourth-order valence-electron chi connectivity index (χ4n) is 2.32. The van der Waals surface area contributed by atoms with Crippen LogP contribution >= 0.6 is 0 Å². The van der Waals surface area contributed by atoms with E-state index in [1.807, 2.05) is 30.3 Å². The molecule has 0 spiro atoms. The predicted octanol–water partition coefficient (Wildman–Crippen LogP) is 3.61. The molecule has 1 saturated carbocycles. The molecule has 1 fully saturated rings. The molecule has 0 amide bonds. The second kappa shape index (κ2) is 3.91. The lowest BCUT2D eigenvalue weighted by atomic mass is 9.77. The Morgan fingerprint density at radius 2 is 1.64 bits per heavy atom. The number of hydrogen-bond acceptors (Lipinski definition) is 2. The van der Waals surface area contributed by atoms with Gasteiger partial charge in [0.05, 0.1) is 0 Å². The zero-order chi connectivity index (χ0) is 9.86. The van der Waals surface area contributed by atoms with Crippen LogP contribution in [-0.4, -0.2) is 0 Å². The van der Waals surface area contributed by atoms with Crippen molar-refractivity contribution in [1.82, 2.24) is 0 Å². The minimum absolute atomic E-state index is 0.417. The first kappa shape index (κ1) is 9.38. The third-order valence-electron chi connectivity index (χ3n) is 3.17. The second-order valence-electron chi connectivity index (χ2n) is 4.05. The summed E-state index contributed by atoms with van der Waals surface area (Å²) in [6, 6.07) is 9.98. The molecular weight excluding hydrogens is 174 g/mol. The van der Waals surface area contributed by atoms with E-state index in [1.54, 1.807) is 0 Å². The number of rotatable bonds is 2. The van der Waals surface area contributed by atoms with Crippen LogP contribution in [-0.2, 0) is 5.54 Å². The van der Waals surface area contributed by atoms with Crippen LogP contribution in [0.25, 0.3) is 0 Å². The molecule has 0 aliphatic heterocycles. The van der Waals surface area contributed by atoms with Gasteiger partial charge < -0.3 is 0 Å². The SMILES string of the molecule is O=NC1(c2ccccc2)CCCCC1. The molecule has 2 nitrogen and oxygen atoms in total. The lowest BCUT2D eigenvalue weighted by Crippen LogP contribution is -2.25. The number of benzene rings is 1. The molecule has 1 aromatic rings. The van der Waals surface area contributed by atoms with Crippen molar-refractivity contribution in [1.29, 1.82) is 0 Å². The Labute approximate surface area is 84.3 Å². The Hall–Kier alpha value is -1.18. The average Bonchev–Trinajstić information content (AvgIpc) is 2.31. The van der Waals surface area contributed by atoms with Crippen LogP contribution in [0.1, 0.15) is 37.7 Å². The van der Waals surface area contributed by atoms with Crippen molar-refractivity contribution in [2.45, 2.75) is 37.6 Å². The lowest BCUT2D eigenvalue weighted by Gasteiger charge is -2.30. The van der Waals surface area contributed by atoms with Gasteiger partial charge in [0.25, 0.3) is 0 Å². The molecule has 14 heavy (non-hydrogen) atoms. The molecule has 1 aromatic carbocycles. The highest BCUT2D eigenvalue weighted by Gasteiger charge is 2.34. The summed E-state index contributed by atoms with van der Waals surface area (Å²) in [6.07, 6.45) is 5.33. The summed E-state index contributed by atoms with van der Waals surface area (Å²) >= 11 is 0. The first-order valence-corrected chi connectivity index (χ1v) is 5.27.